The molecule has 0 aliphatic heterocycles. The van der Waals surface area contributed by atoms with E-state index in [2.05, 4.69) is 10.6 Å². The largest absolute Gasteiger partial charge is 0.374 e. The van der Waals surface area contributed by atoms with Crippen LogP contribution in [0.3, 0.4) is 0 Å². The second kappa shape index (κ2) is 4.87. The summed E-state index contributed by atoms with van der Waals surface area (Å²) in [6, 6.07) is 4.38. The summed E-state index contributed by atoms with van der Waals surface area (Å²) in [4.78, 5) is 22.2. The normalized spacial score (nSPS) is 16.3. The van der Waals surface area contributed by atoms with Crippen LogP contribution in [0.25, 0.3) is 0 Å². The first-order chi connectivity index (χ1) is 8.95. The van der Waals surface area contributed by atoms with Crippen molar-refractivity contribution in [2.24, 2.45) is 0 Å². The predicted octanol–water partition coefficient (Wildman–Crippen LogP) is 2.31. The lowest BCUT2D eigenvalue weighted by molar-refractivity contribution is -0.384. The summed E-state index contributed by atoms with van der Waals surface area (Å²) in [6.45, 7) is 2.03. The topological polar surface area (TPSA) is 84.3 Å². The summed E-state index contributed by atoms with van der Waals surface area (Å²) in [7, 11) is 1.53. The molecule has 19 heavy (non-hydrogen) atoms. The molecule has 0 saturated heterocycles. The van der Waals surface area contributed by atoms with Gasteiger partial charge >= 0.3 is 0 Å². The average Bonchev–Trinajstić information content (AvgIpc) is 2.35. The number of rotatable bonds is 4. The second-order valence-electron chi connectivity index (χ2n) is 5.11. The van der Waals surface area contributed by atoms with Crippen LogP contribution in [0.5, 0.6) is 0 Å². The molecule has 1 aromatic carbocycles. The summed E-state index contributed by atoms with van der Waals surface area (Å²) in [6.07, 6.45) is 3.08. The molecule has 1 aliphatic carbocycles. The van der Waals surface area contributed by atoms with E-state index in [-0.39, 0.29) is 17.1 Å². The van der Waals surface area contributed by atoms with E-state index < -0.39 is 4.92 Å². The molecule has 1 fully saturated rings. The van der Waals surface area contributed by atoms with Gasteiger partial charge in [0.05, 0.1) is 4.92 Å². The van der Waals surface area contributed by atoms with Gasteiger partial charge in [-0.3, -0.25) is 14.9 Å². The van der Waals surface area contributed by atoms with Gasteiger partial charge in [0.15, 0.2) is 0 Å². The molecule has 1 amide bonds. The third kappa shape index (κ3) is 2.67. The Balaban J connectivity index is 2.35. The monoisotopic (exact) mass is 263 g/mol. The Morgan fingerprint density at radius 1 is 1.42 bits per heavy atom. The zero-order valence-electron chi connectivity index (χ0n) is 11.0. The Morgan fingerprint density at radius 3 is 2.58 bits per heavy atom. The maximum atomic E-state index is 11.6. The van der Waals surface area contributed by atoms with E-state index >= 15 is 0 Å². The molecule has 102 valence electrons. The number of nitro benzene ring substituents is 1. The van der Waals surface area contributed by atoms with Gasteiger partial charge in [-0.1, -0.05) is 0 Å². The number of hydrogen-bond acceptors (Lipinski definition) is 4. The first kappa shape index (κ1) is 13.3. The number of benzene rings is 1. The number of anilines is 1. The molecule has 0 heterocycles. The van der Waals surface area contributed by atoms with Crippen molar-refractivity contribution in [2.45, 2.75) is 31.7 Å². The highest BCUT2D eigenvalue weighted by molar-refractivity contribution is 5.95. The van der Waals surface area contributed by atoms with E-state index in [1.54, 1.807) is 6.07 Å². The van der Waals surface area contributed by atoms with Crippen LogP contribution in [-0.4, -0.2) is 23.4 Å². The zero-order chi connectivity index (χ0) is 14.0. The van der Waals surface area contributed by atoms with E-state index in [1.165, 1.54) is 19.2 Å². The third-order valence-electron chi connectivity index (χ3n) is 3.58. The molecule has 1 saturated carbocycles. The lowest BCUT2D eigenvalue weighted by atomic mass is 9.78. The third-order valence-corrected chi connectivity index (χ3v) is 3.58. The van der Waals surface area contributed by atoms with Crippen molar-refractivity contribution < 1.29 is 9.72 Å². The molecule has 6 nitrogen and oxygen atoms in total. The smallest absolute Gasteiger partial charge is 0.292 e. The van der Waals surface area contributed by atoms with Crippen LogP contribution < -0.4 is 10.6 Å². The highest BCUT2D eigenvalue weighted by Gasteiger charge is 2.33. The van der Waals surface area contributed by atoms with Gasteiger partial charge in [0.25, 0.3) is 11.6 Å². The van der Waals surface area contributed by atoms with Crippen molar-refractivity contribution in [3.05, 3.63) is 33.9 Å². The lowest BCUT2D eigenvalue weighted by Crippen LogP contribution is -2.41. The van der Waals surface area contributed by atoms with Crippen LogP contribution in [0, 0.1) is 10.1 Å². The maximum Gasteiger partial charge on any atom is 0.292 e. The van der Waals surface area contributed by atoms with Gasteiger partial charge in [-0.15, -0.1) is 0 Å². The van der Waals surface area contributed by atoms with Crippen molar-refractivity contribution in [3.8, 4) is 0 Å². The molecule has 6 heteroatoms. The summed E-state index contributed by atoms with van der Waals surface area (Å²) in [5, 5.41) is 16.7. The first-order valence-corrected chi connectivity index (χ1v) is 6.24. The molecule has 0 atom stereocenters. The van der Waals surface area contributed by atoms with Gasteiger partial charge < -0.3 is 10.6 Å². The highest BCUT2D eigenvalue weighted by Crippen LogP contribution is 2.37. The molecule has 0 bridgehead atoms. The first-order valence-electron chi connectivity index (χ1n) is 6.24. The summed E-state index contributed by atoms with van der Waals surface area (Å²) >= 11 is 0. The van der Waals surface area contributed by atoms with Crippen LogP contribution in [0.15, 0.2) is 18.2 Å². The Labute approximate surface area is 111 Å². The van der Waals surface area contributed by atoms with Crippen molar-refractivity contribution in [1.29, 1.82) is 0 Å². The SMILES string of the molecule is CNC(=O)c1ccc([N+](=O)[O-])c(NC2(C)CCC2)c1. The fraction of sp³-hybridized carbons (Fsp3) is 0.462. The Bertz CT molecular complexity index is 524. The van der Waals surface area contributed by atoms with Crippen molar-refractivity contribution in [2.75, 3.05) is 12.4 Å². The molecule has 0 aromatic heterocycles. The second-order valence-corrected chi connectivity index (χ2v) is 5.11. The Hall–Kier alpha value is -2.11. The molecular weight excluding hydrogens is 246 g/mol. The molecular formula is C13H17N3O3. The number of amides is 1. The number of nitrogens with zero attached hydrogens (tertiary/aromatic N) is 1. The lowest BCUT2D eigenvalue weighted by Gasteiger charge is -2.39. The van der Waals surface area contributed by atoms with Crippen LogP contribution in [-0.2, 0) is 0 Å². The predicted molar refractivity (Wildman–Crippen MR) is 72.4 cm³/mol. The van der Waals surface area contributed by atoms with Gasteiger partial charge in [-0.05, 0) is 38.3 Å². The maximum absolute atomic E-state index is 11.6. The molecule has 1 aromatic rings. The number of carbonyl (C=O) groups is 1. The van der Waals surface area contributed by atoms with Crippen molar-refractivity contribution >= 4 is 17.3 Å². The molecule has 0 radical (unpaired) electrons. The molecule has 1 aliphatic rings. The average molecular weight is 263 g/mol. The number of nitrogens with one attached hydrogen (secondary N) is 2. The van der Waals surface area contributed by atoms with E-state index in [0.29, 0.717) is 11.3 Å². The minimum absolute atomic E-state index is 0.000720. The number of hydrogen-bond donors (Lipinski definition) is 2. The summed E-state index contributed by atoms with van der Waals surface area (Å²) in [5.74, 6) is -0.253. The van der Waals surface area contributed by atoms with Crippen LogP contribution >= 0.6 is 0 Å². The van der Waals surface area contributed by atoms with Gasteiger partial charge in [-0.2, -0.15) is 0 Å². The van der Waals surface area contributed by atoms with Gasteiger partial charge in [0.1, 0.15) is 5.69 Å². The summed E-state index contributed by atoms with van der Waals surface area (Å²) < 4.78 is 0. The van der Waals surface area contributed by atoms with Gasteiger partial charge in [0.2, 0.25) is 0 Å². The quantitative estimate of drug-likeness (QED) is 0.645. The molecule has 2 N–H and O–H groups in total. The minimum atomic E-state index is -0.433. The standard InChI is InChI=1S/C13H17N3O3/c1-13(6-3-7-13)15-10-8-9(12(17)14-2)4-5-11(10)16(18)19/h4-5,8,15H,3,6-7H2,1-2H3,(H,14,17). The van der Waals surface area contributed by atoms with Crippen LogP contribution in [0.4, 0.5) is 11.4 Å². The fourth-order valence-corrected chi connectivity index (χ4v) is 2.24. The molecule has 2 rings (SSSR count). The van der Waals surface area contributed by atoms with Gasteiger partial charge in [-0.25, -0.2) is 0 Å². The fourth-order valence-electron chi connectivity index (χ4n) is 2.24. The highest BCUT2D eigenvalue weighted by atomic mass is 16.6. The van der Waals surface area contributed by atoms with E-state index in [1.807, 2.05) is 6.92 Å². The minimum Gasteiger partial charge on any atom is -0.374 e. The number of nitro groups is 1. The van der Waals surface area contributed by atoms with Crippen LogP contribution in [0.2, 0.25) is 0 Å². The van der Waals surface area contributed by atoms with Crippen molar-refractivity contribution in [1.82, 2.24) is 5.32 Å². The zero-order valence-corrected chi connectivity index (χ0v) is 11.0. The van der Waals surface area contributed by atoms with Crippen LogP contribution in [0.1, 0.15) is 36.5 Å². The van der Waals surface area contributed by atoms with E-state index in [9.17, 15) is 14.9 Å². The van der Waals surface area contributed by atoms with E-state index in [0.717, 1.165) is 19.3 Å². The Kier molecular flexibility index (Phi) is 3.42. The number of carbonyl (C=O) groups excluding carboxylic acids is 1. The van der Waals surface area contributed by atoms with E-state index in [4.69, 9.17) is 0 Å². The van der Waals surface area contributed by atoms with Crippen molar-refractivity contribution in [3.63, 3.8) is 0 Å². The van der Waals surface area contributed by atoms with Gasteiger partial charge in [0, 0.05) is 24.2 Å². The Morgan fingerprint density at radius 2 is 2.11 bits per heavy atom. The summed E-state index contributed by atoms with van der Waals surface area (Å²) in [5.41, 5.74) is 0.721. The molecule has 0 spiro atoms. The molecule has 0 unspecified atom stereocenters.